The highest BCUT2D eigenvalue weighted by Crippen LogP contribution is 2.33. The van der Waals surface area contributed by atoms with Gasteiger partial charge >= 0.3 is 0 Å². The van der Waals surface area contributed by atoms with Crippen molar-refractivity contribution < 1.29 is 14.3 Å². The van der Waals surface area contributed by atoms with Crippen molar-refractivity contribution in [2.75, 3.05) is 31.6 Å². The minimum Gasteiger partial charge on any atom is -0.378 e. The molecule has 2 aromatic rings. The van der Waals surface area contributed by atoms with E-state index in [1.807, 2.05) is 36.9 Å². The van der Waals surface area contributed by atoms with Gasteiger partial charge in [-0.15, -0.1) is 11.3 Å². The number of nitrogens with zero attached hydrogens (tertiary/aromatic N) is 1. The molecule has 5 nitrogen and oxygen atoms in total. The Morgan fingerprint density at radius 1 is 1.11 bits per heavy atom. The zero-order chi connectivity index (χ0) is 19.7. The maximum absolute atomic E-state index is 12.8. The van der Waals surface area contributed by atoms with Gasteiger partial charge in [-0.25, -0.2) is 0 Å². The number of carbonyl (C=O) groups is 2. The van der Waals surface area contributed by atoms with Crippen molar-refractivity contribution in [2.24, 2.45) is 5.92 Å². The Bertz CT molecular complexity index is 879. The first-order valence-electron chi connectivity index (χ1n) is 9.87. The predicted molar refractivity (Wildman–Crippen MR) is 111 cm³/mol. The van der Waals surface area contributed by atoms with Gasteiger partial charge in [0.05, 0.1) is 18.1 Å². The molecule has 0 bridgehead atoms. The van der Waals surface area contributed by atoms with Crippen molar-refractivity contribution in [1.82, 2.24) is 4.90 Å². The summed E-state index contributed by atoms with van der Waals surface area (Å²) in [7, 11) is 0. The summed E-state index contributed by atoms with van der Waals surface area (Å²) in [6.45, 7) is 6.60. The van der Waals surface area contributed by atoms with E-state index >= 15 is 0 Å². The van der Waals surface area contributed by atoms with Gasteiger partial charge < -0.3 is 15.0 Å². The molecule has 1 aliphatic carbocycles. The van der Waals surface area contributed by atoms with Crippen LogP contribution in [0.2, 0.25) is 0 Å². The van der Waals surface area contributed by atoms with Crippen LogP contribution in [-0.2, 0) is 22.4 Å². The van der Waals surface area contributed by atoms with E-state index < -0.39 is 0 Å². The quantitative estimate of drug-likeness (QED) is 0.860. The lowest BCUT2D eigenvalue weighted by molar-refractivity contribution is -0.120. The Morgan fingerprint density at radius 2 is 1.82 bits per heavy atom. The van der Waals surface area contributed by atoms with Crippen LogP contribution in [-0.4, -0.2) is 43.0 Å². The lowest BCUT2D eigenvalue weighted by Crippen LogP contribution is -2.40. The van der Waals surface area contributed by atoms with Gasteiger partial charge in [0.25, 0.3) is 5.91 Å². The number of morpholine rings is 1. The molecule has 2 amide bonds. The van der Waals surface area contributed by atoms with Gasteiger partial charge in [0, 0.05) is 29.6 Å². The molecule has 28 heavy (non-hydrogen) atoms. The standard InChI is InChI=1S/C22H26N2O3S/c1-14-9-15(2)11-18(10-14)23-21(25)16-3-4-19-17(12-16)13-20(28-19)22(26)24-5-7-27-8-6-24/h9-11,13,16H,3-8,12H2,1-2H3,(H,23,25). The lowest BCUT2D eigenvalue weighted by atomic mass is 9.87. The van der Waals surface area contributed by atoms with E-state index in [1.165, 1.54) is 4.88 Å². The van der Waals surface area contributed by atoms with Crippen LogP contribution in [0.25, 0.3) is 0 Å². The smallest absolute Gasteiger partial charge is 0.264 e. The maximum Gasteiger partial charge on any atom is 0.264 e. The van der Waals surface area contributed by atoms with Crippen LogP contribution in [0.15, 0.2) is 24.3 Å². The average Bonchev–Trinajstić information content (AvgIpc) is 3.10. The number of nitrogens with one attached hydrogen (secondary N) is 1. The van der Waals surface area contributed by atoms with E-state index in [0.29, 0.717) is 32.7 Å². The summed E-state index contributed by atoms with van der Waals surface area (Å²) >= 11 is 1.59. The molecule has 1 aliphatic heterocycles. The fourth-order valence-corrected chi connectivity index (χ4v) is 5.24. The van der Waals surface area contributed by atoms with Crippen molar-refractivity contribution in [3.63, 3.8) is 0 Å². The first-order chi connectivity index (χ1) is 13.5. The number of fused-ring (bicyclic) bond motifs is 1. The van der Waals surface area contributed by atoms with Crippen LogP contribution >= 0.6 is 11.3 Å². The molecule has 1 saturated heterocycles. The zero-order valence-electron chi connectivity index (χ0n) is 16.4. The van der Waals surface area contributed by atoms with Gasteiger partial charge in [-0.3, -0.25) is 9.59 Å². The molecular formula is C22H26N2O3S. The van der Waals surface area contributed by atoms with Crippen molar-refractivity contribution in [3.05, 3.63) is 50.7 Å². The van der Waals surface area contributed by atoms with Gasteiger partial charge in [-0.05, 0) is 68.0 Å². The van der Waals surface area contributed by atoms with Crippen LogP contribution in [0.3, 0.4) is 0 Å². The molecule has 6 heteroatoms. The van der Waals surface area contributed by atoms with Gasteiger partial charge in [-0.1, -0.05) is 6.07 Å². The van der Waals surface area contributed by atoms with Crippen molar-refractivity contribution in [3.8, 4) is 0 Å². The highest BCUT2D eigenvalue weighted by molar-refractivity contribution is 7.14. The van der Waals surface area contributed by atoms with E-state index in [1.54, 1.807) is 11.3 Å². The third-order valence-electron chi connectivity index (χ3n) is 5.45. The van der Waals surface area contributed by atoms with E-state index in [-0.39, 0.29) is 17.7 Å². The third kappa shape index (κ3) is 4.13. The summed E-state index contributed by atoms with van der Waals surface area (Å²) in [4.78, 5) is 29.4. The Morgan fingerprint density at radius 3 is 2.54 bits per heavy atom. The summed E-state index contributed by atoms with van der Waals surface area (Å²) in [6.07, 6.45) is 2.40. The number of ether oxygens (including phenoxy) is 1. The van der Waals surface area contributed by atoms with E-state index in [2.05, 4.69) is 11.4 Å². The number of hydrogen-bond acceptors (Lipinski definition) is 4. The molecule has 1 atom stereocenters. The Balaban J connectivity index is 1.43. The SMILES string of the molecule is Cc1cc(C)cc(NC(=O)C2CCc3sc(C(=O)N4CCOCC4)cc3C2)c1. The van der Waals surface area contributed by atoms with Crippen molar-refractivity contribution in [2.45, 2.75) is 33.1 Å². The minimum absolute atomic E-state index is 0.0470. The second kappa shape index (κ2) is 8.05. The number of anilines is 1. The van der Waals surface area contributed by atoms with Gasteiger partial charge in [0.2, 0.25) is 5.91 Å². The summed E-state index contributed by atoms with van der Waals surface area (Å²) in [5.74, 6) is 0.121. The first-order valence-corrected chi connectivity index (χ1v) is 10.7. The molecule has 1 aromatic heterocycles. The van der Waals surface area contributed by atoms with Crippen LogP contribution < -0.4 is 5.32 Å². The number of thiophene rings is 1. The second-order valence-electron chi connectivity index (χ2n) is 7.77. The predicted octanol–water partition coefficient (Wildman–Crippen LogP) is 3.58. The second-order valence-corrected chi connectivity index (χ2v) is 8.91. The summed E-state index contributed by atoms with van der Waals surface area (Å²) in [6, 6.07) is 8.11. The molecule has 0 radical (unpaired) electrons. The third-order valence-corrected chi connectivity index (χ3v) is 6.68. The van der Waals surface area contributed by atoms with Crippen LogP contribution in [0, 0.1) is 19.8 Å². The molecule has 2 heterocycles. The Labute approximate surface area is 169 Å². The average molecular weight is 399 g/mol. The monoisotopic (exact) mass is 398 g/mol. The first kappa shape index (κ1) is 19.2. The van der Waals surface area contributed by atoms with Gasteiger partial charge in [0.15, 0.2) is 0 Å². The van der Waals surface area contributed by atoms with Crippen molar-refractivity contribution >= 4 is 28.8 Å². The molecule has 4 rings (SSSR count). The summed E-state index contributed by atoms with van der Waals surface area (Å²) < 4.78 is 5.34. The number of carbonyl (C=O) groups excluding carboxylic acids is 2. The maximum atomic E-state index is 12.8. The minimum atomic E-state index is -0.0470. The number of aryl methyl sites for hydroxylation is 3. The summed E-state index contributed by atoms with van der Waals surface area (Å²) in [5, 5.41) is 3.08. The highest BCUT2D eigenvalue weighted by atomic mass is 32.1. The van der Waals surface area contributed by atoms with Crippen LogP contribution in [0.1, 0.15) is 37.7 Å². The number of rotatable bonds is 3. The number of hydrogen-bond donors (Lipinski definition) is 1. The van der Waals surface area contributed by atoms with Crippen LogP contribution in [0.4, 0.5) is 5.69 Å². The highest BCUT2D eigenvalue weighted by Gasteiger charge is 2.29. The molecule has 1 fully saturated rings. The number of amides is 2. The molecule has 1 N–H and O–H groups in total. The van der Waals surface area contributed by atoms with Gasteiger partial charge in [-0.2, -0.15) is 0 Å². The Hall–Kier alpha value is -2.18. The fourth-order valence-electron chi connectivity index (χ4n) is 4.07. The molecular weight excluding hydrogens is 372 g/mol. The summed E-state index contributed by atoms with van der Waals surface area (Å²) in [5.41, 5.74) is 4.31. The van der Waals surface area contributed by atoms with Crippen LogP contribution in [0.5, 0.6) is 0 Å². The number of benzene rings is 1. The van der Waals surface area contributed by atoms with E-state index in [4.69, 9.17) is 4.74 Å². The van der Waals surface area contributed by atoms with E-state index in [9.17, 15) is 9.59 Å². The molecule has 2 aliphatic rings. The molecule has 148 valence electrons. The topological polar surface area (TPSA) is 58.6 Å². The van der Waals surface area contributed by atoms with Crippen molar-refractivity contribution in [1.29, 1.82) is 0 Å². The zero-order valence-corrected chi connectivity index (χ0v) is 17.2. The largest absolute Gasteiger partial charge is 0.378 e. The fraction of sp³-hybridized carbons (Fsp3) is 0.455. The normalized spacial score (nSPS) is 19.2. The van der Waals surface area contributed by atoms with E-state index in [0.717, 1.165) is 40.1 Å². The molecule has 0 saturated carbocycles. The molecule has 1 unspecified atom stereocenters. The molecule has 0 spiro atoms. The molecule has 1 aromatic carbocycles. The lowest BCUT2D eigenvalue weighted by Gasteiger charge is -2.26. The van der Waals surface area contributed by atoms with Gasteiger partial charge in [0.1, 0.15) is 0 Å². The Kier molecular flexibility index (Phi) is 5.51.